The largest absolute Gasteiger partial charge is 0.326 e. The fraction of sp³-hybridized carbons (Fsp3) is 0.278. The van der Waals surface area contributed by atoms with Crippen molar-refractivity contribution in [2.45, 2.75) is 24.3 Å². The molecule has 1 aliphatic rings. The van der Waals surface area contributed by atoms with Gasteiger partial charge in [-0.3, -0.25) is 4.79 Å². The van der Waals surface area contributed by atoms with Gasteiger partial charge in [0.1, 0.15) is 0 Å². The molecule has 1 heterocycles. The molecule has 0 saturated carbocycles. The molecule has 2 aromatic rings. The summed E-state index contributed by atoms with van der Waals surface area (Å²) in [7, 11) is -3.22. The molecule has 1 aliphatic heterocycles. The van der Waals surface area contributed by atoms with Crippen LogP contribution in [-0.2, 0) is 21.1 Å². The molecule has 0 fully saturated rings. The van der Waals surface area contributed by atoms with E-state index in [1.807, 2.05) is 30.3 Å². The van der Waals surface area contributed by atoms with Crippen LogP contribution in [-0.4, -0.2) is 20.1 Å². The minimum absolute atomic E-state index is 0.134. The predicted octanol–water partition coefficient (Wildman–Crippen LogP) is 2.29. The van der Waals surface area contributed by atoms with Crippen LogP contribution in [0, 0.1) is 5.92 Å². The van der Waals surface area contributed by atoms with Crippen LogP contribution >= 0.6 is 0 Å². The molecule has 5 nitrogen and oxygen atoms in total. The smallest absolute Gasteiger partial charge is 0.229 e. The van der Waals surface area contributed by atoms with E-state index in [0.29, 0.717) is 17.0 Å². The van der Waals surface area contributed by atoms with Crippen LogP contribution in [0.15, 0.2) is 53.4 Å². The highest BCUT2D eigenvalue weighted by Crippen LogP contribution is 2.29. The normalized spacial score (nSPS) is 17.8. The van der Waals surface area contributed by atoms with Crippen molar-refractivity contribution in [3.8, 4) is 0 Å². The first-order valence-corrected chi connectivity index (χ1v) is 9.51. The van der Waals surface area contributed by atoms with E-state index in [1.165, 1.54) is 6.07 Å². The van der Waals surface area contributed by atoms with Crippen molar-refractivity contribution >= 4 is 21.4 Å². The summed E-state index contributed by atoms with van der Waals surface area (Å²) in [5, 5.41) is 2.78. The first-order valence-electron chi connectivity index (χ1n) is 7.85. The average Bonchev–Trinajstić information content (AvgIpc) is 2.89. The van der Waals surface area contributed by atoms with Crippen molar-refractivity contribution < 1.29 is 13.2 Å². The van der Waals surface area contributed by atoms with Gasteiger partial charge in [0.15, 0.2) is 9.84 Å². The predicted molar refractivity (Wildman–Crippen MR) is 93.4 cm³/mol. The molecule has 1 amide bonds. The molecule has 0 radical (unpaired) electrons. The number of nitrogens with two attached hydrogens (primary N) is 1. The molecule has 0 saturated heterocycles. The number of fused-ring (bicyclic) bond motifs is 1. The maximum absolute atomic E-state index is 12.4. The Morgan fingerprint density at radius 3 is 2.58 bits per heavy atom. The Bertz CT molecular complexity index is 863. The molecule has 2 unspecified atom stereocenters. The van der Waals surface area contributed by atoms with Gasteiger partial charge in [0.05, 0.1) is 16.6 Å². The minimum Gasteiger partial charge on any atom is -0.326 e. The summed E-state index contributed by atoms with van der Waals surface area (Å²) in [6.45, 7) is 1.76. The zero-order valence-electron chi connectivity index (χ0n) is 13.4. The lowest BCUT2D eigenvalue weighted by atomic mass is 9.94. The molecule has 2 aromatic carbocycles. The highest BCUT2D eigenvalue weighted by atomic mass is 32.2. The summed E-state index contributed by atoms with van der Waals surface area (Å²) in [5.41, 5.74) is 8.35. The molecule has 3 rings (SSSR count). The van der Waals surface area contributed by atoms with Crippen LogP contribution in [0.25, 0.3) is 0 Å². The zero-order chi connectivity index (χ0) is 17.3. The van der Waals surface area contributed by atoms with Gasteiger partial charge in [0, 0.05) is 11.7 Å². The number of hydrogen-bond donors (Lipinski definition) is 2. The quantitative estimate of drug-likeness (QED) is 0.890. The number of aryl methyl sites for hydroxylation is 1. The second kappa shape index (κ2) is 6.37. The lowest BCUT2D eigenvalue weighted by molar-refractivity contribution is -0.120. The summed E-state index contributed by atoms with van der Waals surface area (Å²) in [4.78, 5) is 12.8. The van der Waals surface area contributed by atoms with E-state index in [1.54, 1.807) is 19.1 Å². The molecule has 0 bridgehead atoms. The van der Waals surface area contributed by atoms with Crippen molar-refractivity contribution in [3.63, 3.8) is 0 Å². The number of rotatable bonds is 4. The highest BCUT2D eigenvalue weighted by molar-refractivity contribution is 7.91. The fourth-order valence-electron chi connectivity index (χ4n) is 2.87. The monoisotopic (exact) mass is 344 g/mol. The van der Waals surface area contributed by atoms with E-state index in [0.717, 1.165) is 11.1 Å². The summed E-state index contributed by atoms with van der Waals surface area (Å²) >= 11 is 0. The van der Waals surface area contributed by atoms with Crippen molar-refractivity contribution in [2.75, 3.05) is 11.1 Å². The number of carbonyl (C=O) groups is 1. The average molecular weight is 344 g/mol. The van der Waals surface area contributed by atoms with Crippen LogP contribution in [0.3, 0.4) is 0 Å². The van der Waals surface area contributed by atoms with E-state index >= 15 is 0 Å². The van der Waals surface area contributed by atoms with Crippen LogP contribution in [0.5, 0.6) is 0 Å². The Morgan fingerprint density at radius 2 is 1.88 bits per heavy atom. The van der Waals surface area contributed by atoms with E-state index in [2.05, 4.69) is 5.32 Å². The fourth-order valence-corrected chi connectivity index (χ4v) is 4.45. The Morgan fingerprint density at radius 1 is 1.17 bits per heavy atom. The van der Waals surface area contributed by atoms with Crippen LogP contribution < -0.4 is 11.1 Å². The van der Waals surface area contributed by atoms with Gasteiger partial charge in [0.2, 0.25) is 5.91 Å². The Hall–Kier alpha value is -2.18. The van der Waals surface area contributed by atoms with Gasteiger partial charge in [-0.25, -0.2) is 8.42 Å². The first-order chi connectivity index (χ1) is 11.4. The SMILES string of the molecule is CC(C(=O)Nc1ccc2c(c1)S(=O)(=O)CC2)C(N)c1ccccc1. The number of benzene rings is 2. The minimum atomic E-state index is -3.22. The van der Waals surface area contributed by atoms with Crippen molar-refractivity contribution in [2.24, 2.45) is 11.7 Å². The van der Waals surface area contributed by atoms with Gasteiger partial charge < -0.3 is 11.1 Å². The lowest BCUT2D eigenvalue weighted by Crippen LogP contribution is -2.30. The van der Waals surface area contributed by atoms with Gasteiger partial charge in [0.25, 0.3) is 0 Å². The topological polar surface area (TPSA) is 89.3 Å². The van der Waals surface area contributed by atoms with Crippen LogP contribution in [0.4, 0.5) is 5.69 Å². The van der Waals surface area contributed by atoms with E-state index in [4.69, 9.17) is 5.73 Å². The Balaban J connectivity index is 1.76. The van der Waals surface area contributed by atoms with Gasteiger partial charge in [-0.1, -0.05) is 43.3 Å². The summed E-state index contributed by atoms with van der Waals surface area (Å²) in [6.07, 6.45) is 0.529. The molecular weight excluding hydrogens is 324 g/mol. The van der Waals surface area contributed by atoms with Gasteiger partial charge in [-0.05, 0) is 29.7 Å². The molecule has 24 heavy (non-hydrogen) atoms. The lowest BCUT2D eigenvalue weighted by Gasteiger charge is -2.20. The third-order valence-electron chi connectivity index (χ3n) is 4.45. The highest BCUT2D eigenvalue weighted by Gasteiger charge is 2.27. The summed E-state index contributed by atoms with van der Waals surface area (Å²) in [5.74, 6) is -0.548. The third kappa shape index (κ3) is 3.20. The first kappa shape index (κ1) is 16.7. The van der Waals surface area contributed by atoms with Gasteiger partial charge in [-0.2, -0.15) is 0 Å². The summed E-state index contributed by atoms with van der Waals surface area (Å²) in [6, 6.07) is 14.0. The maximum atomic E-state index is 12.4. The molecular formula is C18H20N2O3S. The van der Waals surface area contributed by atoms with Crippen LogP contribution in [0.1, 0.15) is 24.1 Å². The number of nitrogens with one attached hydrogen (secondary N) is 1. The maximum Gasteiger partial charge on any atom is 0.229 e. The number of amides is 1. The number of anilines is 1. The second-order valence-electron chi connectivity index (χ2n) is 6.11. The number of carbonyl (C=O) groups excluding carboxylic acids is 1. The second-order valence-corrected chi connectivity index (χ2v) is 8.18. The molecule has 3 N–H and O–H groups in total. The Labute approximate surface area is 141 Å². The third-order valence-corrected chi connectivity index (χ3v) is 6.24. The standard InChI is InChI=1S/C18H20N2O3S/c1-12(17(19)14-5-3-2-4-6-14)18(21)20-15-8-7-13-9-10-24(22,23)16(13)11-15/h2-8,11-12,17H,9-10,19H2,1H3,(H,20,21). The van der Waals surface area contributed by atoms with E-state index in [-0.39, 0.29) is 11.7 Å². The van der Waals surface area contributed by atoms with Crippen molar-refractivity contribution in [1.29, 1.82) is 0 Å². The number of hydrogen-bond acceptors (Lipinski definition) is 4. The molecule has 6 heteroatoms. The molecule has 0 aromatic heterocycles. The van der Waals surface area contributed by atoms with Gasteiger partial charge in [-0.15, -0.1) is 0 Å². The van der Waals surface area contributed by atoms with Crippen LogP contribution in [0.2, 0.25) is 0 Å². The van der Waals surface area contributed by atoms with Crippen molar-refractivity contribution in [1.82, 2.24) is 0 Å². The van der Waals surface area contributed by atoms with Crippen molar-refractivity contribution in [3.05, 3.63) is 59.7 Å². The van der Waals surface area contributed by atoms with E-state index < -0.39 is 21.8 Å². The zero-order valence-corrected chi connectivity index (χ0v) is 14.2. The molecule has 2 atom stereocenters. The molecule has 0 aliphatic carbocycles. The molecule has 0 spiro atoms. The molecule has 126 valence electrons. The van der Waals surface area contributed by atoms with E-state index in [9.17, 15) is 13.2 Å². The Kier molecular flexibility index (Phi) is 4.43. The summed E-state index contributed by atoms with van der Waals surface area (Å²) < 4.78 is 24.0. The van der Waals surface area contributed by atoms with Gasteiger partial charge >= 0.3 is 0 Å². The number of sulfone groups is 1.